The molecule has 3 unspecified atom stereocenters. The van der Waals surface area contributed by atoms with Crippen LogP contribution in [0.5, 0.6) is 0 Å². The van der Waals surface area contributed by atoms with Crippen molar-refractivity contribution in [1.29, 1.82) is 0 Å². The van der Waals surface area contributed by atoms with Gasteiger partial charge in [0.1, 0.15) is 19.8 Å². The zero-order valence-electron chi connectivity index (χ0n) is 44.5. The Labute approximate surface area is 411 Å². The van der Waals surface area contributed by atoms with E-state index in [4.69, 9.17) is 28.4 Å². The van der Waals surface area contributed by atoms with Crippen molar-refractivity contribution in [2.45, 2.75) is 260 Å². The number of ether oxygens (including phenoxy) is 6. The van der Waals surface area contributed by atoms with E-state index in [1.165, 1.54) is 109 Å². The molecule has 0 aromatic carbocycles. The molecule has 11 nitrogen and oxygen atoms in total. The summed E-state index contributed by atoms with van der Waals surface area (Å²) in [5.41, 5.74) is 1.12. The third-order valence-electron chi connectivity index (χ3n) is 12.3. The molecule has 11 heteroatoms. The van der Waals surface area contributed by atoms with E-state index in [0.717, 1.165) is 76.6 Å². The molecule has 0 saturated carbocycles. The summed E-state index contributed by atoms with van der Waals surface area (Å²) in [5, 5.41) is 0. The van der Waals surface area contributed by atoms with Crippen LogP contribution in [0.2, 0.25) is 0 Å². The standard InChI is InChI=1S/C47H84NO10.C9H20/c1-6-10-12-14-16-18-22-27-40(5)58-46(51)29-24-20-17-19-23-28-44(49)55-37-41(39-57-47(52)54-36-26-34-48(8-3)9-4)38-56-45(50)33-32-43(42-30-31-42)53-35-25-21-15-13-11-7-2;1-3-5-7-9-8-6-4-2/h30-31,40-41,43H,6-29,32-39H2,1-5H3;3-9H2,1-2H3. The minimum Gasteiger partial charge on any atom is -0.465 e. The molecule has 0 aromatic rings. The van der Waals surface area contributed by atoms with Crippen LogP contribution in [0.15, 0.2) is 11.6 Å². The third kappa shape index (κ3) is 44.3. The summed E-state index contributed by atoms with van der Waals surface area (Å²) in [6.07, 6.45) is 36.0. The van der Waals surface area contributed by atoms with Crippen LogP contribution in [0.25, 0.3) is 0 Å². The Morgan fingerprint density at radius 3 is 1.43 bits per heavy atom. The third-order valence-corrected chi connectivity index (χ3v) is 12.3. The second-order valence-corrected chi connectivity index (χ2v) is 18.8. The van der Waals surface area contributed by atoms with Crippen molar-refractivity contribution < 1.29 is 47.6 Å². The van der Waals surface area contributed by atoms with Crippen LogP contribution in [0.1, 0.15) is 248 Å². The highest BCUT2D eigenvalue weighted by Gasteiger charge is 2.24. The molecule has 1 rings (SSSR count). The maximum absolute atomic E-state index is 12.8. The van der Waals surface area contributed by atoms with Crippen molar-refractivity contribution >= 4 is 24.1 Å². The van der Waals surface area contributed by atoms with Crippen molar-refractivity contribution in [3.63, 3.8) is 0 Å². The van der Waals surface area contributed by atoms with Gasteiger partial charge in [-0.2, -0.15) is 0 Å². The van der Waals surface area contributed by atoms with Gasteiger partial charge in [-0.15, -0.1) is 0 Å². The molecule has 0 fully saturated rings. The molecule has 1 aliphatic carbocycles. The summed E-state index contributed by atoms with van der Waals surface area (Å²) in [6, 6.07) is 0. The van der Waals surface area contributed by atoms with Crippen molar-refractivity contribution in [2.75, 3.05) is 52.7 Å². The van der Waals surface area contributed by atoms with Crippen LogP contribution in [0, 0.1) is 12.3 Å². The molecular formula is C56H104NO10. The second kappa shape index (κ2) is 48.4. The summed E-state index contributed by atoms with van der Waals surface area (Å²) in [4.78, 5) is 52.2. The fraction of sp³-hybridized carbons (Fsp3) is 0.875. The van der Waals surface area contributed by atoms with Crippen LogP contribution in [0.4, 0.5) is 4.79 Å². The highest BCUT2D eigenvalue weighted by Crippen LogP contribution is 2.27. The minimum absolute atomic E-state index is 0.0325. The number of rotatable bonds is 47. The summed E-state index contributed by atoms with van der Waals surface area (Å²) in [6.45, 7) is 18.5. The molecule has 0 saturated heterocycles. The number of carbonyl (C=O) groups excluding carboxylic acids is 4. The van der Waals surface area contributed by atoms with Crippen LogP contribution >= 0.6 is 0 Å². The van der Waals surface area contributed by atoms with Gasteiger partial charge < -0.3 is 33.3 Å². The molecule has 67 heavy (non-hydrogen) atoms. The van der Waals surface area contributed by atoms with E-state index in [1.807, 2.05) is 19.4 Å². The number of allylic oxidation sites excluding steroid dienone is 1. The van der Waals surface area contributed by atoms with Gasteiger partial charge in [0.25, 0.3) is 0 Å². The first-order valence-electron chi connectivity index (χ1n) is 27.8. The van der Waals surface area contributed by atoms with Gasteiger partial charge in [0.05, 0.1) is 24.7 Å². The van der Waals surface area contributed by atoms with Crippen molar-refractivity contribution in [2.24, 2.45) is 5.92 Å². The SMILES string of the molecule is CCCCCCCCC.CCCCCCCCCC(C)OC(=O)CCCCCCCC(=O)OCC(COC(=O)CCC(OCCCCCCCC)C1=C[CH]1)COC(=O)OCCCN(CC)CC. The maximum Gasteiger partial charge on any atom is 0.508 e. The molecule has 0 amide bonds. The zero-order valence-corrected chi connectivity index (χ0v) is 44.5. The molecule has 0 spiro atoms. The second-order valence-electron chi connectivity index (χ2n) is 18.8. The van der Waals surface area contributed by atoms with Crippen LogP contribution in [-0.2, 0) is 42.8 Å². The average Bonchev–Trinajstić information content (AvgIpc) is 4.17. The lowest BCUT2D eigenvalue weighted by molar-refractivity contribution is -0.151. The summed E-state index contributed by atoms with van der Waals surface area (Å²) in [7, 11) is 0. The lowest BCUT2D eigenvalue weighted by Gasteiger charge is -2.19. The van der Waals surface area contributed by atoms with Gasteiger partial charge in [0.2, 0.25) is 0 Å². The molecule has 0 N–H and O–H groups in total. The smallest absolute Gasteiger partial charge is 0.465 e. The first-order valence-corrected chi connectivity index (χ1v) is 27.8. The highest BCUT2D eigenvalue weighted by atomic mass is 16.7. The summed E-state index contributed by atoms with van der Waals surface area (Å²) in [5.74, 6) is -1.39. The Balaban J connectivity index is 0.00000434. The van der Waals surface area contributed by atoms with Crippen molar-refractivity contribution in [3.05, 3.63) is 18.1 Å². The van der Waals surface area contributed by atoms with Crippen LogP contribution in [0.3, 0.4) is 0 Å². The van der Waals surface area contributed by atoms with Gasteiger partial charge in [0.15, 0.2) is 0 Å². The van der Waals surface area contributed by atoms with Gasteiger partial charge in [0, 0.05) is 38.8 Å². The Kier molecular flexibility index (Phi) is 46.4. The molecular weight excluding hydrogens is 847 g/mol. The van der Waals surface area contributed by atoms with Gasteiger partial charge in [-0.3, -0.25) is 14.4 Å². The van der Waals surface area contributed by atoms with Gasteiger partial charge in [-0.05, 0) is 70.5 Å². The largest absolute Gasteiger partial charge is 0.508 e. The lowest BCUT2D eigenvalue weighted by atomic mass is 10.1. The van der Waals surface area contributed by atoms with E-state index in [2.05, 4.69) is 46.4 Å². The number of nitrogens with zero attached hydrogens (tertiary/aromatic N) is 1. The first kappa shape index (κ1) is 64.3. The minimum atomic E-state index is -0.798. The maximum atomic E-state index is 12.8. The van der Waals surface area contributed by atoms with E-state index in [-0.39, 0.29) is 69.4 Å². The molecule has 0 aromatic heterocycles. The normalized spacial score (nSPS) is 13.2. The number of carbonyl (C=O) groups is 4. The molecule has 0 bridgehead atoms. The molecule has 393 valence electrons. The Hall–Kier alpha value is -2.66. The fourth-order valence-electron chi connectivity index (χ4n) is 7.72. The number of hydrogen-bond acceptors (Lipinski definition) is 11. The number of esters is 3. The van der Waals surface area contributed by atoms with Gasteiger partial charge >= 0.3 is 24.1 Å². The molecule has 0 aliphatic heterocycles. The first-order chi connectivity index (χ1) is 32.6. The van der Waals surface area contributed by atoms with E-state index in [0.29, 0.717) is 32.3 Å². The zero-order chi connectivity index (χ0) is 49.4. The van der Waals surface area contributed by atoms with Crippen LogP contribution < -0.4 is 0 Å². The Bertz CT molecular complexity index is 1180. The van der Waals surface area contributed by atoms with E-state index in [1.54, 1.807) is 0 Å². The van der Waals surface area contributed by atoms with E-state index >= 15 is 0 Å². The molecule has 1 aliphatic rings. The molecule has 3 atom stereocenters. The number of unbranched alkanes of at least 4 members (excludes halogenated alkanes) is 21. The predicted octanol–water partition coefficient (Wildman–Crippen LogP) is 14.8. The van der Waals surface area contributed by atoms with Gasteiger partial charge in [-0.1, -0.05) is 182 Å². The van der Waals surface area contributed by atoms with E-state index < -0.39 is 12.1 Å². The summed E-state index contributed by atoms with van der Waals surface area (Å²) >= 11 is 0. The quantitative estimate of drug-likeness (QED) is 0.0329. The Morgan fingerprint density at radius 1 is 0.478 bits per heavy atom. The fourth-order valence-corrected chi connectivity index (χ4v) is 7.72. The average molecular weight is 951 g/mol. The van der Waals surface area contributed by atoms with Crippen LogP contribution in [-0.4, -0.2) is 93.8 Å². The monoisotopic (exact) mass is 951 g/mol. The Morgan fingerprint density at radius 2 is 0.925 bits per heavy atom. The van der Waals surface area contributed by atoms with E-state index in [9.17, 15) is 19.2 Å². The highest BCUT2D eigenvalue weighted by molar-refractivity contribution is 5.70. The lowest BCUT2D eigenvalue weighted by Crippen LogP contribution is -2.27. The van der Waals surface area contributed by atoms with Gasteiger partial charge in [-0.25, -0.2) is 4.79 Å². The molecule has 0 heterocycles. The molecule has 1 radical (unpaired) electrons. The number of hydrogen-bond donors (Lipinski definition) is 0. The summed E-state index contributed by atoms with van der Waals surface area (Å²) < 4.78 is 33.4. The van der Waals surface area contributed by atoms with Crippen molar-refractivity contribution in [3.8, 4) is 0 Å². The topological polar surface area (TPSA) is 127 Å². The van der Waals surface area contributed by atoms with Crippen molar-refractivity contribution in [1.82, 2.24) is 4.90 Å². The predicted molar refractivity (Wildman–Crippen MR) is 274 cm³/mol.